The van der Waals surface area contributed by atoms with Crippen LogP contribution >= 0.6 is 0 Å². The van der Waals surface area contributed by atoms with Crippen molar-refractivity contribution in [3.8, 4) is 0 Å². The van der Waals surface area contributed by atoms with Gasteiger partial charge in [0.2, 0.25) is 15.9 Å². The van der Waals surface area contributed by atoms with Crippen molar-refractivity contribution in [3.05, 3.63) is 58.9 Å². The maximum atomic E-state index is 12.6. The summed E-state index contributed by atoms with van der Waals surface area (Å²) in [6.45, 7) is 1.26. The number of amides is 1. The second-order valence-electron chi connectivity index (χ2n) is 6.42. The molecule has 0 aliphatic carbocycles. The number of nitro benzene ring substituents is 1. The first-order valence-corrected chi connectivity index (χ1v) is 10.5. The summed E-state index contributed by atoms with van der Waals surface area (Å²) in [5, 5.41) is 13.9. The van der Waals surface area contributed by atoms with Crippen LogP contribution < -0.4 is 5.32 Å². The quantitative estimate of drug-likeness (QED) is 0.530. The number of para-hydroxylation sites is 2. The number of sulfonamides is 1. The van der Waals surface area contributed by atoms with Crippen LogP contribution in [0.1, 0.15) is 6.42 Å². The van der Waals surface area contributed by atoms with Gasteiger partial charge in [-0.05, 0) is 18.2 Å². The van der Waals surface area contributed by atoms with E-state index in [0.29, 0.717) is 18.8 Å². The lowest BCUT2D eigenvalue weighted by atomic mass is 10.2. The number of hydrogen-bond acceptors (Lipinski definition) is 7. The molecule has 1 saturated heterocycles. The van der Waals surface area contributed by atoms with Crippen LogP contribution in [-0.2, 0) is 14.8 Å². The molecule has 1 fully saturated rings. The lowest BCUT2D eigenvalue weighted by Crippen LogP contribution is -2.50. The number of carbonyl (C=O) groups is 1. The first-order valence-electron chi connectivity index (χ1n) is 9.05. The number of nitro groups is 1. The topological polar surface area (TPSA) is 126 Å². The Morgan fingerprint density at radius 2 is 1.86 bits per heavy atom. The number of nitrogens with one attached hydrogen (secondary N) is 1. The van der Waals surface area contributed by atoms with Gasteiger partial charge in [-0.25, -0.2) is 8.42 Å². The van der Waals surface area contributed by atoms with E-state index in [9.17, 15) is 23.3 Å². The summed E-state index contributed by atoms with van der Waals surface area (Å²) in [4.78, 5) is 28.5. The van der Waals surface area contributed by atoms with Gasteiger partial charge in [0.15, 0.2) is 0 Å². The Balaban J connectivity index is 1.50. The van der Waals surface area contributed by atoms with Crippen molar-refractivity contribution in [2.75, 3.05) is 38.0 Å². The number of pyridine rings is 1. The van der Waals surface area contributed by atoms with Crippen LogP contribution in [0.25, 0.3) is 0 Å². The van der Waals surface area contributed by atoms with Crippen LogP contribution in [0.3, 0.4) is 0 Å². The highest BCUT2D eigenvalue weighted by Gasteiger charge is 2.30. The highest BCUT2D eigenvalue weighted by Crippen LogP contribution is 2.23. The summed E-state index contributed by atoms with van der Waals surface area (Å²) in [6.07, 6.45) is 2.97. The second-order valence-corrected chi connectivity index (χ2v) is 8.36. The van der Waals surface area contributed by atoms with E-state index in [2.05, 4.69) is 10.3 Å². The molecule has 1 amide bonds. The Labute approximate surface area is 168 Å². The molecular formula is C18H21N5O5S. The Morgan fingerprint density at radius 3 is 2.52 bits per heavy atom. The Bertz CT molecular complexity index is 975. The highest BCUT2D eigenvalue weighted by molar-refractivity contribution is 7.89. The van der Waals surface area contributed by atoms with Crippen LogP contribution in [0.5, 0.6) is 0 Å². The van der Waals surface area contributed by atoms with Gasteiger partial charge in [0, 0.05) is 57.6 Å². The number of piperazine rings is 1. The van der Waals surface area contributed by atoms with Gasteiger partial charge in [0.05, 0.1) is 4.92 Å². The summed E-state index contributed by atoms with van der Waals surface area (Å²) in [7, 11) is -3.62. The minimum absolute atomic E-state index is 0.0471. The summed E-state index contributed by atoms with van der Waals surface area (Å²) in [5.41, 5.74) is 0.312. The molecule has 2 aromatic rings. The molecule has 10 nitrogen and oxygen atoms in total. The molecule has 2 heterocycles. The van der Waals surface area contributed by atoms with Gasteiger partial charge in [-0.3, -0.25) is 19.9 Å². The molecule has 3 rings (SSSR count). The highest BCUT2D eigenvalue weighted by atomic mass is 32.2. The van der Waals surface area contributed by atoms with Gasteiger partial charge < -0.3 is 10.2 Å². The van der Waals surface area contributed by atoms with Crippen molar-refractivity contribution in [2.24, 2.45) is 0 Å². The fourth-order valence-corrected chi connectivity index (χ4v) is 4.46. The number of rotatable bonds is 7. The third-order valence-corrected chi connectivity index (χ3v) is 6.50. The maximum Gasteiger partial charge on any atom is 0.292 e. The van der Waals surface area contributed by atoms with Gasteiger partial charge in [-0.1, -0.05) is 12.1 Å². The van der Waals surface area contributed by atoms with E-state index in [1.165, 1.54) is 28.8 Å². The molecule has 1 aromatic carbocycles. The van der Waals surface area contributed by atoms with Crippen LogP contribution in [0.2, 0.25) is 0 Å². The van der Waals surface area contributed by atoms with Crippen LogP contribution in [-0.4, -0.2) is 66.2 Å². The van der Waals surface area contributed by atoms with E-state index in [1.807, 2.05) is 0 Å². The van der Waals surface area contributed by atoms with Crippen molar-refractivity contribution >= 4 is 27.3 Å². The molecule has 29 heavy (non-hydrogen) atoms. The molecule has 1 aliphatic heterocycles. The van der Waals surface area contributed by atoms with E-state index in [4.69, 9.17) is 0 Å². The van der Waals surface area contributed by atoms with Gasteiger partial charge in [-0.2, -0.15) is 4.31 Å². The first-order chi connectivity index (χ1) is 13.9. The Hall–Kier alpha value is -3.05. The monoisotopic (exact) mass is 419 g/mol. The SMILES string of the molecule is O=C(CCNc1ccccc1[N+](=O)[O-])N1CCN(S(=O)(=O)c2cccnc2)CC1. The molecule has 11 heteroatoms. The van der Waals surface area contributed by atoms with Crippen molar-refractivity contribution in [1.82, 2.24) is 14.2 Å². The average molecular weight is 419 g/mol. The number of carbonyl (C=O) groups excluding carboxylic acids is 1. The predicted octanol–water partition coefficient (Wildman–Crippen LogP) is 1.32. The van der Waals surface area contributed by atoms with Gasteiger partial charge in [0.25, 0.3) is 5.69 Å². The second kappa shape index (κ2) is 8.97. The minimum atomic E-state index is -3.62. The normalized spacial score (nSPS) is 15.1. The molecule has 0 spiro atoms. The first kappa shape index (κ1) is 20.7. The van der Waals surface area contributed by atoms with E-state index < -0.39 is 14.9 Å². The maximum absolute atomic E-state index is 12.6. The zero-order chi connectivity index (χ0) is 20.9. The number of hydrogen-bond donors (Lipinski definition) is 1. The fourth-order valence-electron chi connectivity index (χ4n) is 3.07. The average Bonchev–Trinajstić information content (AvgIpc) is 2.74. The summed E-state index contributed by atoms with van der Waals surface area (Å²) in [5.74, 6) is -0.130. The molecule has 1 aromatic heterocycles. The molecule has 0 atom stereocenters. The van der Waals surface area contributed by atoms with Crippen molar-refractivity contribution < 1.29 is 18.1 Å². The zero-order valence-electron chi connectivity index (χ0n) is 15.6. The molecule has 1 N–H and O–H groups in total. The van der Waals surface area contributed by atoms with E-state index in [0.717, 1.165) is 0 Å². The molecule has 0 unspecified atom stereocenters. The lowest BCUT2D eigenvalue weighted by Gasteiger charge is -2.34. The molecule has 0 radical (unpaired) electrons. The molecule has 154 valence electrons. The molecule has 0 saturated carbocycles. The third kappa shape index (κ3) is 4.87. The number of aromatic nitrogens is 1. The largest absolute Gasteiger partial charge is 0.379 e. The minimum Gasteiger partial charge on any atom is -0.379 e. The Morgan fingerprint density at radius 1 is 1.14 bits per heavy atom. The smallest absolute Gasteiger partial charge is 0.292 e. The standard InChI is InChI=1S/C18H21N5O5S/c24-18(7-9-20-16-5-1-2-6-17(16)23(25)26)21-10-12-22(13-11-21)29(27,28)15-4-3-8-19-14-15/h1-6,8,14,20H,7,9-13H2. The van der Waals surface area contributed by atoms with Crippen molar-refractivity contribution in [1.29, 1.82) is 0 Å². The van der Waals surface area contributed by atoms with Crippen LogP contribution in [0, 0.1) is 10.1 Å². The third-order valence-electron chi connectivity index (χ3n) is 4.62. The van der Waals surface area contributed by atoms with Crippen molar-refractivity contribution in [3.63, 3.8) is 0 Å². The molecular weight excluding hydrogens is 398 g/mol. The lowest BCUT2D eigenvalue weighted by molar-refractivity contribution is -0.384. The molecule has 1 aliphatic rings. The number of anilines is 1. The summed E-state index contributed by atoms with van der Waals surface area (Å²) >= 11 is 0. The fraction of sp³-hybridized carbons (Fsp3) is 0.333. The molecule has 0 bridgehead atoms. The van der Waals surface area contributed by atoms with Gasteiger partial charge in [0.1, 0.15) is 10.6 Å². The Kier molecular flexibility index (Phi) is 6.39. The van der Waals surface area contributed by atoms with Crippen LogP contribution in [0.15, 0.2) is 53.7 Å². The van der Waals surface area contributed by atoms with E-state index in [-0.39, 0.29) is 42.5 Å². The number of nitrogens with zero attached hydrogens (tertiary/aromatic N) is 4. The summed E-state index contributed by atoms with van der Waals surface area (Å²) < 4.78 is 26.5. The van der Waals surface area contributed by atoms with Crippen LogP contribution in [0.4, 0.5) is 11.4 Å². The summed E-state index contributed by atoms with van der Waals surface area (Å²) in [6, 6.07) is 9.30. The van der Waals surface area contributed by atoms with Crippen molar-refractivity contribution in [2.45, 2.75) is 11.3 Å². The van der Waals surface area contributed by atoms with Gasteiger partial charge >= 0.3 is 0 Å². The predicted molar refractivity (Wildman–Crippen MR) is 106 cm³/mol. The van der Waals surface area contributed by atoms with E-state index in [1.54, 1.807) is 29.2 Å². The number of benzene rings is 1. The van der Waals surface area contributed by atoms with Gasteiger partial charge in [-0.15, -0.1) is 0 Å². The van der Waals surface area contributed by atoms with E-state index >= 15 is 0 Å². The zero-order valence-corrected chi connectivity index (χ0v) is 16.4.